The molecule has 0 spiro atoms. The van der Waals surface area contributed by atoms with Crippen LogP contribution in [-0.2, 0) is 6.42 Å². The van der Waals surface area contributed by atoms with Gasteiger partial charge in [0.25, 0.3) is 0 Å². The first kappa shape index (κ1) is 11.1. The van der Waals surface area contributed by atoms with Crippen LogP contribution in [-0.4, -0.2) is 6.18 Å². The van der Waals surface area contributed by atoms with E-state index < -0.39 is 18.6 Å². The molecule has 1 rings (SSSR count). The number of hydrogen-bond acceptors (Lipinski definition) is 2. The minimum atomic E-state index is -4.25. The van der Waals surface area contributed by atoms with Crippen molar-refractivity contribution in [2.24, 2.45) is 5.73 Å². The van der Waals surface area contributed by atoms with Gasteiger partial charge >= 0.3 is 6.18 Å². The van der Waals surface area contributed by atoms with Gasteiger partial charge in [-0.15, -0.1) is 0 Å². The molecule has 0 aliphatic carbocycles. The number of nitrogens with two attached hydrogens (primary N) is 1. The Morgan fingerprint density at radius 2 is 2.07 bits per heavy atom. The quantitative estimate of drug-likeness (QED) is 0.827. The summed E-state index contributed by atoms with van der Waals surface area (Å²) in [6, 6.07) is 2.04. The van der Waals surface area contributed by atoms with Gasteiger partial charge in [-0.2, -0.15) is 13.2 Å². The lowest BCUT2D eigenvalue weighted by atomic mass is 10.1. The van der Waals surface area contributed by atoms with E-state index in [9.17, 15) is 13.2 Å². The van der Waals surface area contributed by atoms with Gasteiger partial charge in [0.05, 0.1) is 12.5 Å². The Labute approximate surface area is 79.9 Å². The first-order valence-electron chi connectivity index (χ1n) is 4.33. The molecule has 0 amide bonds. The molecule has 0 bridgehead atoms. The smallest absolute Gasteiger partial charge is 0.391 e. The zero-order chi connectivity index (χ0) is 10.8. The Hall–Kier alpha value is -0.970. The SMILES string of the molecule is CCc1ccc(C(N)CC(F)(F)F)o1. The summed E-state index contributed by atoms with van der Waals surface area (Å²) in [7, 11) is 0. The molecule has 80 valence electrons. The van der Waals surface area contributed by atoms with Crippen LogP contribution in [0.1, 0.15) is 30.9 Å². The number of aryl methyl sites for hydroxylation is 1. The topological polar surface area (TPSA) is 39.2 Å². The van der Waals surface area contributed by atoms with E-state index >= 15 is 0 Å². The minimum Gasteiger partial charge on any atom is -0.464 e. The fraction of sp³-hybridized carbons (Fsp3) is 0.556. The average molecular weight is 207 g/mol. The molecule has 0 aliphatic heterocycles. The number of furan rings is 1. The Kier molecular flexibility index (Phi) is 3.21. The highest BCUT2D eigenvalue weighted by Crippen LogP contribution is 2.28. The third-order valence-electron chi connectivity index (χ3n) is 1.85. The van der Waals surface area contributed by atoms with Gasteiger partial charge < -0.3 is 10.2 Å². The molecule has 0 aromatic carbocycles. The van der Waals surface area contributed by atoms with Crippen LogP contribution in [0.3, 0.4) is 0 Å². The zero-order valence-corrected chi connectivity index (χ0v) is 7.77. The first-order chi connectivity index (χ1) is 6.42. The Balaban J connectivity index is 2.65. The molecule has 5 heteroatoms. The average Bonchev–Trinajstić information content (AvgIpc) is 2.48. The summed E-state index contributed by atoms with van der Waals surface area (Å²) in [6.45, 7) is 1.86. The van der Waals surface area contributed by atoms with E-state index in [1.807, 2.05) is 6.92 Å². The van der Waals surface area contributed by atoms with Crippen molar-refractivity contribution in [1.82, 2.24) is 0 Å². The largest absolute Gasteiger partial charge is 0.464 e. The summed E-state index contributed by atoms with van der Waals surface area (Å²) in [5, 5.41) is 0. The molecule has 1 unspecified atom stereocenters. The van der Waals surface area contributed by atoms with Crippen molar-refractivity contribution < 1.29 is 17.6 Å². The third kappa shape index (κ3) is 3.06. The summed E-state index contributed by atoms with van der Waals surface area (Å²) in [6.07, 6.45) is -4.65. The van der Waals surface area contributed by atoms with Gasteiger partial charge in [-0.25, -0.2) is 0 Å². The Morgan fingerprint density at radius 3 is 2.50 bits per heavy atom. The predicted octanol–water partition coefficient (Wildman–Crippen LogP) is 2.79. The molecule has 14 heavy (non-hydrogen) atoms. The van der Waals surface area contributed by atoms with Crippen LogP contribution in [0.15, 0.2) is 16.5 Å². The van der Waals surface area contributed by atoms with E-state index in [1.165, 1.54) is 6.07 Å². The van der Waals surface area contributed by atoms with Crippen molar-refractivity contribution in [2.75, 3.05) is 0 Å². The van der Waals surface area contributed by atoms with Crippen molar-refractivity contribution in [1.29, 1.82) is 0 Å². The van der Waals surface area contributed by atoms with Crippen molar-refractivity contribution in [2.45, 2.75) is 32.0 Å². The second-order valence-electron chi connectivity index (χ2n) is 3.08. The number of hydrogen-bond donors (Lipinski definition) is 1. The van der Waals surface area contributed by atoms with Crippen molar-refractivity contribution in [3.05, 3.63) is 23.7 Å². The molecule has 0 fully saturated rings. The van der Waals surface area contributed by atoms with Gasteiger partial charge in [0, 0.05) is 6.42 Å². The van der Waals surface area contributed by atoms with Gasteiger partial charge in [-0.1, -0.05) is 6.92 Å². The standard InChI is InChI=1S/C9H12F3NO/c1-2-6-3-4-8(14-6)7(13)5-9(10,11)12/h3-4,7H,2,5,13H2,1H3. The van der Waals surface area contributed by atoms with Crippen LogP contribution in [0, 0.1) is 0 Å². The van der Waals surface area contributed by atoms with Crippen LogP contribution in [0.5, 0.6) is 0 Å². The number of alkyl halides is 3. The van der Waals surface area contributed by atoms with Gasteiger partial charge in [0.2, 0.25) is 0 Å². The lowest BCUT2D eigenvalue weighted by Gasteiger charge is -2.11. The molecule has 0 radical (unpaired) electrons. The van der Waals surface area contributed by atoms with Crippen LogP contribution in [0.4, 0.5) is 13.2 Å². The molecule has 1 atom stereocenters. The minimum absolute atomic E-state index is 0.194. The summed E-state index contributed by atoms with van der Waals surface area (Å²) >= 11 is 0. The fourth-order valence-corrected chi connectivity index (χ4v) is 1.13. The molecule has 1 aromatic rings. The predicted molar refractivity (Wildman–Crippen MR) is 45.7 cm³/mol. The van der Waals surface area contributed by atoms with E-state index in [1.54, 1.807) is 6.07 Å². The van der Waals surface area contributed by atoms with Crippen LogP contribution < -0.4 is 5.73 Å². The summed E-state index contributed by atoms with van der Waals surface area (Å²) in [5.74, 6) is 0.844. The fourth-order valence-electron chi connectivity index (χ4n) is 1.13. The molecule has 1 aromatic heterocycles. The second kappa shape index (κ2) is 4.04. The Bertz CT molecular complexity index is 292. The first-order valence-corrected chi connectivity index (χ1v) is 4.33. The van der Waals surface area contributed by atoms with E-state index in [-0.39, 0.29) is 5.76 Å². The van der Waals surface area contributed by atoms with E-state index in [0.29, 0.717) is 12.2 Å². The highest BCUT2D eigenvalue weighted by Gasteiger charge is 2.32. The highest BCUT2D eigenvalue weighted by atomic mass is 19.4. The Morgan fingerprint density at radius 1 is 1.43 bits per heavy atom. The molecule has 0 saturated heterocycles. The zero-order valence-electron chi connectivity index (χ0n) is 7.77. The molecule has 2 N–H and O–H groups in total. The maximum absolute atomic E-state index is 12.0. The normalized spacial score (nSPS) is 14.4. The lowest BCUT2D eigenvalue weighted by molar-refractivity contribution is -0.139. The number of rotatable bonds is 3. The third-order valence-corrected chi connectivity index (χ3v) is 1.85. The monoisotopic (exact) mass is 207 g/mol. The van der Waals surface area contributed by atoms with E-state index in [0.717, 1.165) is 0 Å². The second-order valence-corrected chi connectivity index (χ2v) is 3.08. The van der Waals surface area contributed by atoms with Crippen LogP contribution in [0.2, 0.25) is 0 Å². The van der Waals surface area contributed by atoms with Gasteiger partial charge in [0.15, 0.2) is 0 Å². The van der Waals surface area contributed by atoms with Crippen LogP contribution >= 0.6 is 0 Å². The van der Waals surface area contributed by atoms with Crippen LogP contribution in [0.25, 0.3) is 0 Å². The van der Waals surface area contributed by atoms with Crippen molar-refractivity contribution in [3.8, 4) is 0 Å². The molecule has 1 heterocycles. The highest BCUT2D eigenvalue weighted by molar-refractivity contribution is 5.10. The van der Waals surface area contributed by atoms with Gasteiger partial charge in [0.1, 0.15) is 11.5 Å². The molecular formula is C9H12F3NO. The summed E-state index contributed by atoms with van der Waals surface area (Å²) in [4.78, 5) is 0. The molecule has 2 nitrogen and oxygen atoms in total. The van der Waals surface area contributed by atoms with E-state index in [4.69, 9.17) is 10.2 Å². The molecule has 0 aliphatic rings. The molecule has 0 saturated carbocycles. The van der Waals surface area contributed by atoms with E-state index in [2.05, 4.69) is 0 Å². The van der Waals surface area contributed by atoms with Crippen molar-refractivity contribution in [3.63, 3.8) is 0 Å². The lowest BCUT2D eigenvalue weighted by Crippen LogP contribution is -2.19. The van der Waals surface area contributed by atoms with Gasteiger partial charge in [-0.3, -0.25) is 0 Å². The summed E-state index contributed by atoms with van der Waals surface area (Å²) in [5.41, 5.74) is 5.34. The number of halogens is 3. The van der Waals surface area contributed by atoms with Gasteiger partial charge in [-0.05, 0) is 12.1 Å². The maximum Gasteiger partial charge on any atom is 0.391 e. The molecular weight excluding hydrogens is 195 g/mol. The summed E-state index contributed by atoms with van der Waals surface area (Å²) < 4.78 is 41.0. The van der Waals surface area contributed by atoms with Crippen molar-refractivity contribution >= 4 is 0 Å². The maximum atomic E-state index is 12.0.